The van der Waals surface area contributed by atoms with Gasteiger partial charge >= 0.3 is 0 Å². The van der Waals surface area contributed by atoms with Crippen molar-refractivity contribution < 1.29 is 4.74 Å². The van der Waals surface area contributed by atoms with E-state index in [0.717, 1.165) is 33.4 Å². The average Bonchev–Trinajstić information content (AvgIpc) is 3.25. The minimum Gasteiger partial charge on any atom is -0.484 e. The zero-order chi connectivity index (χ0) is 20.8. The van der Waals surface area contributed by atoms with E-state index in [1.165, 1.54) is 6.33 Å². The Kier molecular flexibility index (Phi) is 4.64. The number of hydrogen-bond acceptors (Lipinski definition) is 5. The summed E-state index contributed by atoms with van der Waals surface area (Å²) in [6.45, 7) is 0. The topological polar surface area (TPSA) is 69.8 Å². The molecule has 0 saturated carbocycles. The molecule has 0 bridgehead atoms. The lowest BCUT2D eigenvalue weighted by Gasteiger charge is -2.23. The van der Waals surface area contributed by atoms with Crippen molar-refractivity contribution in [2.75, 3.05) is 5.32 Å². The van der Waals surface area contributed by atoms with Crippen molar-refractivity contribution in [3.63, 3.8) is 0 Å². The van der Waals surface area contributed by atoms with E-state index >= 15 is 0 Å². The predicted octanol–water partition coefficient (Wildman–Crippen LogP) is 4.43. The maximum absolute atomic E-state index is 6.63. The van der Waals surface area contributed by atoms with Crippen LogP contribution in [0.2, 0.25) is 5.15 Å². The van der Waals surface area contributed by atoms with Gasteiger partial charge in [0.2, 0.25) is 0 Å². The Morgan fingerprint density at radius 3 is 2.90 bits per heavy atom. The van der Waals surface area contributed by atoms with Crippen molar-refractivity contribution in [3.05, 3.63) is 65.9 Å². The van der Waals surface area contributed by atoms with Gasteiger partial charge in [0.05, 0.1) is 28.0 Å². The van der Waals surface area contributed by atoms with Crippen molar-refractivity contribution in [3.8, 4) is 5.75 Å². The van der Waals surface area contributed by atoms with E-state index in [0.29, 0.717) is 11.0 Å². The first-order valence-corrected chi connectivity index (χ1v) is 10.2. The molecule has 1 aromatic carbocycles. The molecule has 3 aromatic heterocycles. The first-order chi connectivity index (χ1) is 14.5. The number of nitrogens with one attached hydrogen (secondary N) is 1. The highest BCUT2D eigenvalue weighted by Gasteiger charge is 2.22. The first kappa shape index (κ1) is 19.0. The Balaban J connectivity index is 1.38. The monoisotopic (exact) mass is 440 g/mol. The van der Waals surface area contributed by atoms with Gasteiger partial charge in [0, 0.05) is 25.9 Å². The van der Waals surface area contributed by atoms with E-state index in [4.69, 9.17) is 27.9 Å². The van der Waals surface area contributed by atoms with Crippen molar-refractivity contribution in [2.45, 2.75) is 11.5 Å². The van der Waals surface area contributed by atoms with Gasteiger partial charge < -0.3 is 14.6 Å². The highest BCUT2D eigenvalue weighted by Crippen LogP contribution is 2.30. The van der Waals surface area contributed by atoms with Crippen molar-refractivity contribution >= 4 is 51.0 Å². The third kappa shape index (κ3) is 3.20. The van der Waals surface area contributed by atoms with E-state index in [2.05, 4.69) is 20.4 Å². The van der Waals surface area contributed by atoms with Gasteiger partial charge in [0.15, 0.2) is 5.82 Å². The molecule has 0 amide bonds. The highest BCUT2D eigenvalue weighted by molar-refractivity contribution is 6.31. The minimum absolute atomic E-state index is 0.307. The number of fused-ring (bicyclic) bond motifs is 2. The molecule has 9 heteroatoms. The first-order valence-electron chi connectivity index (χ1n) is 9.35. The van der Waals surface area contributed by atoms with Crippen LogP contribution in [-0.4, -0.2) is 35.8 Å². The van der Waals surface area contributed by atoms with Crippen molar-refractivity contribution in [1.82, 2.24) is 24.3 Å². The maximum atomic E-state index is 6.63. The number of aryl methyl sites for hydroxylation is 2. The summed E-state index contributed by atoms with van der Waals surface area (Å²) in [6.07, 6.45) is 8.78. The Bertz CT molecular complexity index is 1320. The molecule has 2 atom stereocenters. The Morgan fingerprint density at radius 2 is 2.07 bits per heavy atom. The molecule has 152 valence electrons. The number of anilines is 1. The Morgan fingerprint density at radius 1 is 1.20 bits per heavy atom. The SMILES string of the molecule is Cn1ncc2c(OC3C=CC(Nc4ncnc5cc(Cl)n(C)c45)=CC3Cl)cccc21. The normalized spacial score (nSPS) is 18.7. The van der Waals surface area contributed by atoms with Crippen molar-refractivity contribution in [2.24, 2.45) is 14.1 Å². The molecule has 0 saturated heterocycles. The lowest BCUT2D eigenvalue weighted by molar-refractivity contribution is 0.257. The molecular weight excluding hydrogens is 423 g/mol. The third-order valence-corrected chi connectivity index (χ3v) is 5.89. The standard InChI is InChI=1S/C21H18Cl2N6O/c1-28-19(23)9-15-20(28)21(25-11-24-15)27-12-6-7-18(14(22)8-12)30-17-5-3-4-16-13(17)10-26-29(16)2/h3-11,14,18H,1-2H3,(H,24,25,27). The lowest BCUT2D eigenvalue weighted by atomic mass is 10.1. The van der Waals surface area contributed by atoms with Crippen LogP contribution in [0.15, 0.2) is 60.7 Å². The number of halogens is 2. The Labute approximate surface area is 182 Å². The summed E-state index contributed by atoms with van der Waals surface area (Å²) in [7, 11) is 3.78. The molecule has 30 heavy (non-hydrogen) atoms. The van der Waals surface area contributed by atoms with Crippen LogP contribution >= 0.6 is 23.2 Å². The lowest BCUT2D eigenvalue weighted by Crippen LogP contribution is -2.27. The number of ether oxygens (including phenoxy) is 1. The quantitative estimate of drug-likeness (QED) is 0.475. The number of aromatic nitrogens is 5. The molecule has 4 aromatic rings. The summed E-state index contributed by atoms with van der Waals surface area (Å²) >= 11 is 12.9. The maximum Gasteiger partial charge on any atom is 0.158 e. The van der Waals surface area contributed by atoms with E-state index in [1.54, 1.807) is 6.20 Å². The largest absolute Gasteiger partial charge is 0.484 e. The summed E-state index contributed by atoms with van der Waals surface area (Å²) in [6, 6.07) is 7.69. The van der Waals surface area contributed by atoms with E-state index < -0.39 is 0 Å². The predicted molar refractivity (Wildman–Crippen MR) is 119 cm³/mol. The zero-order valence-corrected chi connectivity index (χ0v) is 17.8. The zero-order valence-electron chi connectivity index (χ0n) is 16.3. The fourth-order valence-corrected chi connectivity index (χ4v) is 4.05. The molecule has 0 fully saturated rings. The van der Waals surface area contributed by atoms with Gasteiger partial charge in [-0.15, -0.1) is 11.6 Å². The van der Waals surface area contributed by atoms with Gasteiger partial charge in [-0.05, 0) is 30.4 Å². The van der Waals surface area contributed by atoms with Crippen LogP contribution in [0.1, 0.15) is 0 Å². The molecule has 0 spiro atoms. The van der Waals surface area contributed by atoms with Crippen LogP contribution in [0.5, 0.6) is 5.75 Å². The van der Waals surface area contributed by atoms with Gasteiger partial charge in [-0.1, -0.05) is 17.7 Å². The number of allylic oxidation sites excluding steroid dienone is 1. The summed E-state index contributed by atoms with van der Waals surface area (Å²) in [4.78, 5) is 8.63. The Hall–Kier alpha value is -3.03. The molecular formula is C21H18Cl2N6O. The summed E-state index contributed by atoms with van der Waals surface area (Å²) in [5, 5.41) is 8.80. The fraction of sp³-hybridized carbons (Fsp3) is 0.190. The van der Waals surface area contributed by atoms with Gasteiger partial charge in [-0.2, -0.15) is 5.10 Å². The number of nitrogens with zero attached hydrogens (tertiary/aromatic N) is 5. The van der Waals surface area contributed by atoms with Gasteiger partial charge in [-0.25, -0.2) is 9.97 Å². The fourth-order valence-electron chi connectivity index (χ4n) is 3.59. The van der Waals surface area contributed by atoms with E-state index in [-0.39, 0.29) is 11.5 Å². The van der Waals surface area contributed by atoms with Crippen molar-refractivity contribution in [1.29, 1.82) is 0 Å². The number of hydrogen-bond donors (Lipinski definition) is 1. The molecule has 5 rings (SSSR count). The molecule has 1 N–H and O–H groups in total. The highest BCUT2D eigenvalue weighted by atomic mass is 35.5. The minimum atomic E-state index is -0.362. The van der Waals surface area contributed by atoms with Crippen LogP contribution in [0.3, 0.4) is 0 Å². The molecule has 1 aliphatic rings. The molecule has 3 heterocycles. The van der Waals surface area contributed by atoms with Crippen LogP contribution < -0.4 is 10.1 Å². The second kappa shape index (κ2) is 7.34. The van der Waals surface area contributed by atoms with Gasteiger partial charge in [0.1, 0.15) is 28.9 Å². The number of alkyl halides is 1. The van der Waals surface area contributed by atoms with Crippen LogP contribution in [-0.2, 0) is 14.1 Å². The van der Waals surface area contributed by atoms with E-state index in [9.17, 15) is 0 Å². The smallest absolute Gasteiger partial charge is 0.158 e. The van der Waals surface area contributed by atoms with E-state index in [1.807, 2.05) is 65.8 Å². The summed E-state index contributed by atoms with van der Waals surface area (Å²) in [5.74, 6) is 1.41. The second-order valence-electron chi connectivity index (χ2n) is 7.07. The molecule has 7 nitrogen and oxygen atoms in total. The van der Waals surface area contributed by atoms with Gasteiger partial charge in [-0.3, -0.25) is 4.68 Å². The third-order valence-electron chi connectivity index (χ3n) is 5.16. The van der Waals surface area contributed by atoms with Crippen LogP contribution in [0.4, 0.5) is 5.82 Å². The van der Waals surface area contributed by atoms with Crippen LogP contribution in [0.25, 0.3) is 21.9 Å². The average molecular weight is 441 g/mol. The number of rotatable bonds is 4. The summed E-state index contributed by atoms with van der Waals surface area (Å²) in [5.41, 5.74) is 3.43. The molecule has 1 aliphatic carbocycles. The molecule has 2 unspecified atom stereocenters. The van der Waals surface area contributed by atoms with Gasteiger partial charge in [0.25, 0.3) is 0 Å². The summed E-state index contributed by atoms with van der Waals surface area (Å²) < 4.78 is 9.85. The molecule has 0 radical (unpaired) electrons. The molecule has 0 aliphatic heterocycles. The second-order valence-corrected chi connectivity index (χ2v) is 7.96. The number of benzene rings is 1. The van der Waals surface area contributed by atoms with Crippen LogP contribution in [0, 0.1) is 0 Å².